The first-order chi connectivity index (χ1) is 6.34. The Hall–Kier alpha value is -1.57. The number of fused-ring (bicyclic) bond motifs is 3. The fraction of sp³-hybridized carbons (Fsp3) is 0.182. The number of nitrogens with one attached hydrogen (secondary N) is 1. The van der Waals surface area contributed by atoms with Crippen molar-refractivity contribution in [2.45, 2.75) is 13.0 Å². The maximum absolute atomic E-state index is 4.51. The third-order valence-corrected chi connectivity index (χ3v) is 2.50. The van der Waals surface area contributed by atoms with Crippen LogP contribution in [0.15, 0.2) is 29.4 Å². The quantitative estimate of drug-likeness (QED) is 0.610. The van der Waals surface area contributed by atoms with Crippen molar-refractivity contribution in [3.05, 3.63) is 35.0 Å². The van der Waals surface area contributed by atoms with Gasteiger partial charge in [-0.15, -0.1) is 0 Å². The van der Waals surface area contributed by atoms with Crippen LogP contribution >= 0.6 is 0 Å². The van der Waals surface area contributed by atoms with Crippen molar-refractivity contribution in [1.29, 1.82) is 0 Å². The van der Waals surface area contributed by atoms with Crippen LogP contribution in [0.4, 0.5) is 0 Å². The monoisotopic (exact) mass is 170 g/mol. The summed E-state index contributed by atoms with van der Waals surface area (Å²) >= 11 is 0. The third kappa shape index (κ3) is 0.856. The molecule has 0 aliphatic carbocycles. The van der Waals surface area contributed by atoms with Gasteiger partial charge in [0.25, 0.3) is 0 Å². The normalized spacial score (nSPS) is 19.6. The molecule has 0 amide bonds. The molecule has 0 radical (unpaired) electrons. The second-order valence-corrected chi connectivity index (χ2v) is 3.47. The predicted octanol–water partition coefficient (Wildman–Crippen LogP) is 0.970. The summed E-state index contributed by atoms with van der Waals surface area (Å²) in [7, 11) is 0. The molecule has 2 nitrogen and oxygen atoms in total. The van der Waals surface area contributed by atoms with E-state index >= 15 is 0 Å². The third-order valence-electron chi connectivity index (χ3n) is 2.50. The molecule has 3 rings (SSSR count). The standard InChI is InChI=1S/C11H10N2/c1-7-6-9-8-4-5-12-10(8)2-3-11(9)13-7/h2-7,12H,1H3. The number of hydrogen-bond donors (Lipinski definition) is 1. The lowest BCUT2D eigenvalue weighted by Gasteiger charge is -1.87. The molecule has 1 aliphatic heterocycles. The van der Waals surface area contributed by atoms with Crippen molar-refractivity contribution >= 4 is 17.0 Å². The molecule has 1 aromatic carbocycles. The molecule has 1 aromatic heterocycles. The van der Waals surface area contributed by atoms with Gasteiger partial charge in [-0.25, -0.2) is 0 Å². The van der Waals surface area contributed by atoms with Gasteiger partial charge >= 0.3 is 0 Å². The van der Waals surface area contributed by atoms with E-state index in [0.29, 0.717) is 6.04 Å². The van der Waals surface area contributed by atoms with Gasteiger partial charge in [-0.05, 0) is 25.1 Å². The van der Waals surface area contributed by atoms with Gasteiger partial charge in [0.2, 0.25) is 0 Å². The van der Waals surface area contributed by atoms with Crippen LogP contribution in [0.3, 0.4) is 0 Å². The van der Waals surface area contributed by atoms with Crippen LogP contribution in [0, 0.1) is 0 Å². The van der Waals surface area contributed by atoms with Gasteiger partial charge in [0, 0.05) is 22.3 Å². The summed E-state index contributed by atoms with van der Waals surface area (Å²) in [5.41, 5.74) is 1.19. The molecule has 2 heteroatoms. The van der Waals surface area contributed by atoms with Crippen molar-refractivity contribution in [3.63, 3.8) is 0 Å². The molecule has 1 N–H and O–H groups in total. The average molecular weight is 170 g/mol. The number of nitrogens with zero attached hydrogens (tertiary/aromatic N) is 1. The SMILES string of the molecule is CC1C=c2c(ccc3[nH]ccc23)=N1. The Kier molecular flexibility index (Phi) is 1.18. The minimum atomic E-state index is 0.329. The Labute approximate surface area is 75.6 Å². The van der Waals surface area contributed by atoms with E-state index in [0.717, 1.165) is 5.36 Å². The molecule has 0 saturated heterocycles. The Bertz CT molecular complexity index is 578. The van der Waals surface area contributed by atoms with Gasteiger partial charge in [-0.3, -0.25) is 4.99 Å². The van der Waals surface area contributed by atoms with Gasteiger partial charge in [-0.1, -0.05) is 6.08 Å². The second kappa shape index (κ2) is 2.22. The summed E-state index contributed by atoms with van der Waals surface area (Å²) < 4.78 is 0. The molecule has 0 fully saturated rings. The lowest BCUT2D eigenvalue weighted by Crippen LogP contribution is -2.21. The number of aromatic amines is 1. The van der Waals surface area contributed by atoms with Crippen molar-refractivity contribution in [2.24, 2.45) is 4.99 Å². The van der Waals surface area contributed by atoms with Crippen molar-refractivity contribution in [3.8, 4) is 0 Å². The van der Waals surface area contributed by atoms with Crippen LogP contribution in [0.2, 0.25) is 0 Å². The van der Waals surface area contributed by atoms with E-state index < -0.39 is 0 Å². The van der Waals surface area contributed by atoms with E-state index in [1.54, 1.807) is 0 Å². The van der Waals surface area contributed by atoms with Crippen LogP contribution in [0.1, 0.15) is 6.92 Å². The van der Waals surface area contributed by atoms with Gasteiger partial charge in [-0.2, -0.15) is 0 Å². The first kappa shape index (κ1) is 6.89. The summed E-state index contributed by atoms with van der Waals surface area (Å²) in [6.45, 7) is 2.11. The highest BCUT2D eigenvalue weighted by Crippen LogP contribution is 2.06. The molecule has 1 atom stereocenters. The van der Waals surface area contributed by atoms with E-state index in [2.05, 4.69) is 41.2 Å². The van der Waals surface area contributed by atoms with Gasteiger partial charge < -0.3 is 4.98 Å². The fourth-order valence-electron chi connectivity index (χ4n) is 1.93. The highest BCUT2D eigenvalue weighted by atomic mass is 14.8. The minimum absolute atomic E-state index is 0.329. The maximum atomic E-state index is 4.51. The lowest BCUT2D eigenvalue weighted by atomic mass is 10.2. The molecule has 0 bridgehead atoms. The van der Waals surface area contributed by atoms with Crippen LogP contribution in [0.25, 0.3) is 17.0 Å². The van der Waals surface area contributed by atoms with Gasteiger partial charge in [0.05, 0.1) is 11.4 Å². The zero-order valence-electron chi connectivity index (χ0n) is 7.41. The second-order valence-electron chi connectivity index (χ2n) is 3.47. The van der Waals surface area contributed by atoms with Crippen LogP contribution in [-0.2, 0) is 0 Å². The molecule has 2 aromatic rings. The summed E-state index contributed by atoms with van der Waals surface area (Å²) in [5.74, 6) is 0. The predicted molar refractivity (Wildman–Crippen MR) is 53.0 cm³/mol. The molecule has 0 spiro atoms. The Morgan fingerprint density at radius 2 is 2.23 bits per heavy atom. The van der Waals surface area contributed by atoms with Crippen molar-refractivity contribution in [1.82, 2.24) is 4.98 Å². The number of rotatable bonds is 0. The summed E-state index contributed by atoms with van der Waals surface area (Å²) in [5, 5.41) is 3.69. The molecule has 0 saturated carbocycles. The van der Waals surface area contributed by atoms with Gasteiger partial charge in [0.15, 0.2) is 0 Å². The van der Waals surface area contributed by atoms with E-state index in [1.165, 1.54) is 16.1 Å². The lowest BCUT2D eigenvalue weighted by molar-refractivity contribution is 0.956. The molecule has 2 heterocycles. The van der Waals surface area contributed by atoms with E-state index in [9.17, 15) is 0 Å². The number of benzene rings is 1. The van der Waals surface area contributed by atoms with Crippen molar-refractivity contribution in [2.75, 3.05) is 0 Å². The minimum Gasteiger partial charge on any atom is -0.361 e. The highest BCUT2D eigenvalue weighted by molar-refractivity contribution is 5.81. The summed E-state index contributed by atoms with van der Waals surface area (Å²) in [6, 6.07) is 6.60. The fourth-order valence-corrected chi connectivity index (χ4v) is 1.93. The maximum Gasteiger partial charge on any atom is 0.0668 e. The number of aromatic nitrogens is 1. The zero-order valence-corrected chi connectivity index (χ0v) is 7.41. The number of hydrogen-bond acceptors (Lipinski definition) is 1. The van der Waals surface area contributed by atoms with Crippen LogP contribution in [-0.4, -0.2) is 11.0 Å². The van der Waals surface area contributed by atoms with E-state index in [4.69, 9.17) is 0 Å². The van der Waals surface area contributed by atoms with E-state index in [-0.39, 0.29) is 0 Å². The average Bonchev–Trinajstić information content (AvgIpc) is 2.65. The van der Waals surface area contributed by atoms with Crippen LogP contribution < -0.4 is 10.6 Å². The Morgan fingerprint density at radius 1 is 1.31 bits per heavy atom. The number of H-pyrrole nitrogens is 1. The smallest absolute Gasteiger partial charge is 0.0668 e. The highest BCUT2D eigenvalue weighted by Gasteiger charge is 2.05. The molecular weight excluding hydrogens is 160 g/mol. The molecule has 1 unspecified atom stereocenters. The topological polar surface area (TPSA) is 28.1 Å². The van der Waals surface area contributed by atoms with Gasteiger partial charge in [0.1, 0.15) is 0 Å². The molecule has 13 heavy (non-hydrogen) atoms. The molecular formula is C11H10N2. The van der Waals surface area contributed by atoms with Crippen LogP contribution in [0.5, 0.6) is 0 Å². The molecule has 64 valence electrons. The Balaban J connectivity index is 2.62. The first-order valence-electron chi connectivity index (χ1n) is 4.50. The first-order valence-corrected chi connectivity index (χ1v) is 4.50. The summed E-state index contributed by atoms with van der Waals surface area (Å²) in [6.07, 6.45) is 4.19. The largest absolute Gasteiger partial charge is 0.361 e. The zero-order chi connectivity index (χ0) is 8.84. The summed E-state index contributed by atoms with van der Waals surface area (Å²) in [4.78, 5) is 7.71. The van der Waals surface area contributed by atoms with E-state index in [1.807, 2.05) is 6.20 Å². The Morgan fingerprint density at radius 3 is 3.15 bits per heavy atom. The molecule has 1 aliphatic rings. The van der Waals surface area contributed by atoms with Crippen molar-refractivity contribution < 1.29 is 0 Å².